The molecule has 0 radical (unpaired) electrons. The Morgan fingerprint density at radius 2 is 2.00 bits per heavy atom. The quantitative estimate of drug-likeness (QED) is 0.441. The molecule has 1 aliphatic carbocycles. The van der Waals surface area contributed by atoms with Crippen LogP contribution >= 0.6 is 0 Å². The second kappa shape index (κ2) is 6.73. The maximum Gasteiger partial charge on any atom is 0.334 e. The summed E-state index contributed by atoms with van der Waals surface area (Å²) < 4.78 is 16.5. The summed E-state index contributed by atoms with van der Waals surface area (Å²) in [6.07, 6.45) is -1.77. The summed E-state index contributed by atoms with van der Waals surface area (Å²) in [5.74, 6) is -2.47. The van der Waals surface area contributed by atoms with Crippen molar-refractivity contribution in [2.45, 2.75) is 63.6 Å². The van der Waals surface area contributed by atoms with Gasteiger partial charge in [-0.2, -0.15) is 0 Å². The molecule has 0 amide bonds. The summed E-state index contributed by atoms with van der Waals surface area (Å²) in [6.45, 7) is 12.6. The van der Waals surface area contributed by atoms with E-state index in [2.05, 4.69) is 13.2 Å². The van der Waals surface area contributed by atoms with Gasteiger partial charge in [0, 0.05) is 29.6 Å². The van der Waals surface area contributed by atoms with Crippen molar-refractivity contribution in [1.29, 1.82) is 0 Å². The number of carbonyl (C=O) groups excluding carboxylic acids is 3. The van der Waals surface area contributed by atoms with Crippen LogP contribution in [-0.2, 0) is 28.6 Å². The van der Waals surface area contributed by atoms with Gasteiger partial charge in [-0.1, -0.05) is 19.2 Å². The number of aliphatic hydroxyl groups is 1. The number of Topliss-reactive ketones (excluding diaryl/α,β-unsaturated/α-hetero) is 1. The van der Waals surface area contributed by atoms with Crippen molar-refractivity contribution in [3.8, 4) is 0 Å². The number of fused-ring (bicyclic) bond motifs is 2. The van der Waals surface area contributed by atoms with E-state index in [1.807, 2.05) is 6.92 Å². The minimum atomic E-state index is -1.39. The van der Waals surface area contributed by atoms with E-state index in [9.17, 15) is 19.5 Å². The Morgan fingerprint density at radius 3 is 2.63 bits per heavy atom. The third-order valence-corrected chi connectivity index (χ3v) is 5.70. The number of aliphatic hydroxyl groups excluding tert-OH is 1. The zero-order chi connectivity index (χ0) is 20.1. The molecule has 0 spiro atoms. The molecule has 7 heteroatoms. The topological polar surface area (TPSA) is 102 Å². The number of esters is 2. The molecule has 6 atom stereocenters. The van der Waals surface area contributed by atoms with Gasteiger partial charge in [-0.3, -0.25) is 4.79 Å². The summed E-state index contributed by atoms with van der Waals surface area (Å²) in [5.41, 5.74) is -0.246. The van der Waals surface area contributed by atoms with Crippen LogP contribution in [0, 0.1) is 5.92 Å². The second-order valence-corrected chi connectivity index (χ2v) is 7.56. The standard InChI is InChI=1S/C20H24O7/c1-6-9(2)18(23)26-17-10(3)12(21)7-14-20(5,27-14)8-13-15(16(17)22)11(4)19(24)25-13/h6,13-17,22H,3-4,7-8H2,1-2,5H3. The Balaban J connectivity index is 1.97. The number of ketones is 1. The molecule has 0 aromatic carbocycles. The van der Waals surface area contributed by atoms with Crippen molar-refractivity contribution in [3.05, 3.63) is 36.0 Å². The fourth-order valence-electron chi connectivity index (χ4n) is 3.69. The highest BCUT2D eigenvalue weighted by molar-refractivity contribution is 5.98. The largest absolute Gasteiger partial charge is 0.458 e. The first-order valence-electron chi connectivity index (χ1n) is 8.90. The van der Waals surface area contributed by atoms with Gasteiger partial charge < -0.3 is 19.3 Å². The van der Waals surface area contributed by atoms with Crippen LogP contribution in [0.15, 0.2) is 36.0 Å². The van der Waals surface area contributed by atoms with Crippen LogP contribution in [-0.4, -0.2) is 52.8 Å². The maximum absolute atomic E-state index is 12.6. The van der Waals surface area contributed by atoms with Crippen molar-refractivity contribution < 1.29 is 33.7 Å². The smallest absolute Gasteiger partial charge is 0.334 e. The van der Waals surface area contributed by atoms with E-state index in [0.717, 1.165) is 0 Å². The van der Waals surface area contributed by atoms with Crippen molar-refractivity contribution in [2.75, 3.05) is 0 Å². The highest BCUT2D eigenvalue weighted by atomic mass is 16.6. The third-order valence-electron chi connectivity index (χ3n) is 5.70. The van der Waals surface area contributed by atoms with Crippen LogP contribution < -0.4 is 0 Å². The fourth-order valence-corrected chi connectivity index (χ4v) is 3.69. The SMILES string of the molecule is C=C1C(=O)CC2OC2(C)CC2OC(=O)C(=C)C2C(O)C1OC(=O)C(C)=CC. The summed E-state index contributed by atoms with van der Waals surface area (Å²) >= 11 is 0. The average molecular weight is 376 g/mol. The van der Waals surface area contributed by atoms with Gasteiger partial charge in [0.15, 0.2) is 11.9 Å². The zero-order valence-corrected chi connectivity index (χ0v) is 15.7. The zero-order valence-electron chi connectivity index (χ0n) is 15.7. The van der Waals surface area contributed by atoms with Crippen LogP contribution in [0.1, 0.15) is 33.6 Å². The molecule has 2 aliphatic heterocycles. The molecule has 0 bridgehead atoms. The predicted molar refractivity (Wildman–Crippen MR) is 94.5 cm³/mol. The number of allylic oxidation sites excluding steroid dienone is 1. The van der Waals surface area contributed by atoms with E-state index in [-0.39, 0.29) is 29.5 Å². The lowest BCUT2D eigenvalue weighted by atomic mass is 9.79. The van der Waals surface area contributed by atoms with Crippen molar-refractivity contribution in [2.24, 2.45) is 5.92 Å². The molecular formula is C20H24O7. The van der Waals surface area contributed by atoms with E-state index in [4.69, 9.17) is 14.2 Å². The molecule has 146 valence electrons. The lowest BCUT2D eigenvalue weighted by Gasteiger charge is -2.31. The number of hydrogen-bond acceptors (Lipinski definition) is 7. The van der Waals surface area contributed by atoms with Gasteiger partial charge in [0.25, 0.3) is 0 Å². The highest BCUT2D eigenvalue weighted by Gasteiger charge is 2.59. The Hall–Kier alpha value is -2.25. The van der Waals surface area contributed by atoms with E-state index < -0.39 is 41.8 Å². The van der Waals surface area contributed by atoms with E-state index in [1.165, 1.54) is 0 Å². The summed E-state index contributed by atoms with van der Waals surface area (Å²) in [7, 11) is 0. The third kappa shape index (κ3) is 3.37. The summed E-state index contributed by atoms with van der Waals surface area (Å²) in [5, 5.41) is 11.0. The predicted octanol–water partition coefficient (Wildman–Crippen LogP) is 1.40. The number of hydrogen-bond donors (Lipinski definition) is 1. The van der Waals surface area contributed by atoms with E-state index in [1.54, 1.807) is 19.9 Å². The monoisotopic (exact) mass is 376 g/mol. The second-order valence-electron chi connectivity index (χ2n) is 7.56. The molecule has 6 unspecified atom stereocenters. The van der Waals surface area contributed by atoms with Crippen molar-refractivity contribution in [3.63, 3.8) is 0 Å². The molecule has 2 saturated heterocycles. The van der Waals surface area contributed by atoms with Crippen LogP contribution in [0.2, 0.25) is 0 Å². The first-order valence-corrected chi connectivity index (χ1v) is 8.90. The van der Waals surface area contributed by atoms with Gasteiger partial charge in [0.2, 0.25) is 0 Å². The van der Waals surface area contributed by atoms with Gasteiger partial charge in [-0.25, -0.2) is 9.59 Å². The maximum atomic E-state index is 12.6. The fraction of sp³-hybridized carbons (Fsp3) is 0.550. The molecule has 3 rings (SSSR count). The average Bonchev–Trinajstić information content (AvgIpc) is 3.15. The minimum absolute atomic E-state index is 0.0367. The molecule has 0 aromatic rings. The first kappa shape index (κ1) is 19.5. The van der Waals surface area contributed by atoms with Gasteiger partial charge >= 0.3 is 11.9 Å². The number of carbonyl (C=O) groups is 3. The molecule has 1 saturated carbocycles. The van der Waals surface area contributed by atoms with Crippen LogP contribution in [0.3, 0.4) is 0 Å². The molecule has 3 aliphatic rings. The van der Waals surface area contributed by atoms with E-state index >= 15 is 0 Å². The Bertz CT molecular complexity index is 764. The van der Waals surface area contributed by atoms with E-state index in [0.29, 0.717) is 12.0 Å². The van der Waals surface area contributed by atoms with Crippen molar-refractivity contribution in [1.82, 2.24) is 0 Å². The van der Waals surface area contributed by atoms with Gasteiger partial charge in [0.05, 0.1) is 17.6 Å². The lowest BCUT2D eigenvalue weighted by molar-refractivity contribution is -0.152. The molecule has 3 fully saturated rings. The molecule has 2 heterocycles. The number of epoxide rings is 1. The number of ether oxygens (including phenoxy) is 3. The van der Waals surface area contributed by atoms with Gasteiger partial charge in [-0.15, -0.1) is 0 Å². The van der Waals surface area contributed by atoms with Crippen LogP contribution in [0.25, 0.3) is 0 Å². The van der Waals surface area contributed by atoms with Crippen LogP contribution in [0.5, 0.6) is 0 Å². The van der Waals surface area contributed by atoms with Crippen LogP contribution in [0.4, 0.5) is 0 Å². The Kier molecular flexibility index (Phi) is 4.86. The molecule has 1 N–H and O–H groups in total. The van der Waals surface area contributed by atoms with Gasteiger partial charge in [0.1, 0.15) is 12.2 Å². The number of rotatable bonds is 2. The minimum Gasteiger partial charge on any atom is -0.458 e. The molecule has 7 nitrogen and oxygen atoms in total. The molecule has 0 aromatic heterocycles. The first-order chi connectivity index (χ1) is 12.6. The lowest BCUT2D eigenvalue weighted by Crippen LogP contribution is -2.45. The normalized spacial score (nSPS) is 39.4. The molecule has 27 heavy (non-hydrogen) atoms. The van der Waals surface area contributed by atoms with Gasteiger partial charge in [-0.05, 0) is 20.8 Å². The summed E-state index contributed by atoms with van der Waals surface area (Å²) in [6, 6.07) is 0. The summed E-state index contributed by atoms with van der Waals surface area (Å²) in [4.78, 5) is 36.9. The Labute approximate surface area is 157 Å². The highest BCUT2D eigenvalue weighted by Crippen LogP contribution is 2.48. The molecular weight excluding hydrogens is 352 g/mol. The Morgan fingerprint density at radius 1 is 1.33 bits per heavy atom. The van der Waals surface area contributed by atoms with Crippen molar-refractivity contribution >= 4 is 17.7 Å².